The molecule has 0 atom stereocenters. The molecule has 109 heavy (non-hydrogen) atoms. The summed E-state index contributed by atoms with van der Waals surface area (Å²) in [6.45, 7) is -0.294. The Hall–Kier alpha value is -13.8. The van der Waals surface area contributed by atoms with Gasteiger partial charge in [0.2, 0.25) is 0 Å². The second-order valence-electron chi connectivity index (χ2n) is 31.0. The topological polar surface area (TPSA) is 11.4 Å². The van der Waals surface area contributed by atoms with Gasteiger partial charge in [-0.2, -0.15) is 0 Å². The maximum atomic E-state index is 2.83. The van der Waals surface area contributed by atoms with Gasteiger partial charge in [-0.25, -0.2) is 0 Å². The average Bonchev–Trinajstić information content (AvgIpc) is 1.53. The Kier molecular flexibility index (Phi) is 11.2. The Bertz CT molecular complexity index is 6960. The largest absolute Gasteiger partial charge is 0.311 e. The monoisotopic (exact) mass is 1380 g/mol. The van der Waals surface area contributed by atoms with Gasteiger partial charge in [0.1, 0.15) is 0 Å². The van der Waals surface area contributed by atoms with Crippen LogP contribution >= 0.6 is 0 Å². The number of aromatic nitrogens is 1. The minimum atomic E-state index is -0.641. The summed E-state index contributed by atoms with van der Waals surface area (Å²) in [4.78, 5) is 5.52. The second kappa shape index (κ2) is 20.8. The van der Waals surface area contributed by atoms with E-state index in [0.29, 0.717) is 0 Å². The number of nitrogens with zero attached hydrogens (tertiary/aromatic N) is 3. The third-order valence-corrected chi connectivity index (χ3v) is 26.6. The first-order valence-electron chi connectivity index (χ1n) is 38.4. The van der Waals surface area contributed by atoms with E-state index in [1.165, 1.54) is 183 Å². The summed E-state index contributed by atoms with van der Waals surface area (Å²) in [7, 11) is 0. The van der Waals surface area contributed by atoms with Crippen molar-refractivity contribution in [3.63, 3.8) is 0 Å². The first kappa shape index (κ1) is 58.5. The molecular formula is C105H62BN3. The molecule has 0 N–H and O–H groups in total. The van der Waals surface area contributed by atoms with Crippen molar-refractivity contribution in [3.05, 3.63) is 443 Å². The Balaban J connectivity index is 0.858. The van der Waals surface area contributed by atoms with Crippen LogP contribution in [0.2, 0.25) is 0 Å². The van der Waals surface area contributed by atoms with Crippen LogP contribution in [0.4, 0.5) is 34.1 Å². The maximum absolute atomic E-state index is 2.83. The molecule has 0 bridgehead atoms. The van der Waals surface area contributed by atoms with Crippen molar-refractivity contribution >= 4 is 79.0 Å². The molecule has 0 unspecified atom stereocenters. The van der Waals surface area contributed by atoms with E-state index in [-0.39, 0.29) is 6.71 Å². The minimum Gasteiger partial charge on any atom is -0.311 e. The molecule has 3 heterocycles. The predicted octanol–water partition coefficient (Wildman–Crippen LogP) is 23.6. The molecule has 3 spiro atoms. The van der Waals surface area contributed by atoms with E-state index in [1.54, 1.807) is 0 Å². The third kappa shape index (κ3) is 6.92. The van der Waals surface area contributed by atoms with E-state index >= 15 is 0 Å². The highest BCUT2D eigenvalue weighted by molar-refractivity contribution is 7.00. The lowest BCUT2D eigenvalue weighted by atomic mass is 9.33. The number of benzene rings is 17. The highest BCUT2D eigenvalue weighted by Gasteiger charge is 2.59. The van der Waals surface area contributed by atoms with Crippen LogP contribution in [-0.4, -0.2) is 11.3 Å². The van der Waals surface area contributed by atoms with Crippen molar-refractivity contribution in [2.24, 2.45) is 0 Å². The first-order chi connectivity index (χ1) is 54.1. The molecule has 0 saturated heterocycles. The van der Waals surface area contributed by atoms with Gasteiger partial charge in [-0.3, -0.25) is 0 Å². The Labute approximate surface area is 631 Å². The molecule has 0 radical (unpaired) electrons. The van der Waals surface area contributed by atoms with Crippen molar-refractivity contribution in [1.29, 1.82) is 0 Å². The predicted molar refractivity (Wildman–Crippen MR) is 449 cm³/mol. The summed E-state index contributed by atoms with van der Waals surface area (Å²) in [6.07, 6.45) is 0. The van der Waals surface area contributed by atoms with Crippen LogP contribution < -0.4 is 26.2 Å². The zero-order chi connectivity index (χ0) is 70.7. The van der Waals surface area contributed by atoms with Gasteiger partial charge in [0.15, 0.2) is 0 Å². The Morgan fingerprint density at radius 2 is 0.587 bits per heavy atom. The molecule has 4 heteroatoms. The number of fused-ring (bicyclic) bond motifs is 38. The van der Waals surface area contributed by atoms with Crippen LogP contribution in [0.15, 0.2) is 376 Å². The highest BCUT2D eigenvalue weighted by atomic mass is 15.2. The molecule has 8 aliphatic rings. The van der Waals surface area contributed by atoms with Crippen molar-refractivity contribution in [2.75, 3.05) is 9.80 Å². The molecule has 0 saturated carbocycles. The average molecular weight is 1380 g/mol. The van der Waals surface area contributed by atoms with E-state index in [9.17, 15) is 0 Å². The van der Waals surface area contributed by atoms with Gasteiger partial charge < -0.3 is 14.4 Å². The van der Waals surface area contributed by atoms with Crippen molar-refractivity contribution in [2.45, 2.75) is 16.2 Å². The van der Waals surface area contributed by atoms with E-state index in [1.807, 2.05) is 0 Å². The minimum absolute atomic E-state index is 0.294. The molecule has 17 aromatic carbocycles. The van der Waals surface area contributed by atoms with Gasteiger partial charge in [0, 0.05) is 50.3 Å². The van der Waals surface area contributed by atoms with Crippen molar-refractivity contribution in [1.82, 2.24) is 4.57 Å². The maximum Gasteiger partial charge on any atom is 0.252 e. The van der Waals surface area contributed by atoms with Gasteiger partial charge in [-0.1, -0.05) is 328 Å². The van der Waals surface area contributed by atoms with Crippen LogP contribution in [0.5, 0.6) is 0 Å². The molecule has 500 valence electrons. The van der Waals surface area contributed by atoms with Gasteiger partial charge >= 0.3 is 0 Å². The standard InChI is InChI=1S/C105H62BN3/c1-2-27-63(28-3-1)64-53-55-65(56-54-64)107-96-61-78-73-35-10-21-46-85(73)105(83-44-19-8-33-71(83)72-34-9-20-45-84(72)105)90(78)62-92(96)106-91-58-57-89-100(77-39-12-23-48-87(77)104(89)81-42-17-6-31-69(81)70-32-7-18-43-82(70)104)102(91)109(98-60-66(59-97(107)101(98)106)108-93-50-24-13-36-74(93)75-37-14-25-51-94(75)108)95-52-26-49-88-99(95)76-38-11-22-47-86(76)103(88)79-40-15-4-29-67(79)68-30-5-16-41-80(68)103/h1-62H. The van der Waals surface area contributed by atoms with E-state index in [2.05, 4.69) is 390 Å². The summed E-state index contributed by atoms with van der Waals surface area (Å²) in [5, 5.41) is 2.44. The smallest absolute Gasteiger partial charge is 0.252 e. The van der Waals surface area contributed by atoms with E-state index < -0.39 is 16.2 Å². The normalized spacial score (nSPS) is 15.0. The van der Waals surface area contributed by atoms with Crippen molar-refractivity contribution in [3.8, 4) is 83.6 Å². The SMILES string of the molecule is c1ccc(-c2ccc(N3c4cc5c(cc4B4c6ccc7c(c6N(c6cccc8c6-c6ccccc6C86c8ccccc8-c8ccccc86)c6cc(-n8c9ccccc9c9ccccc98)cc3c64)-c3ccccc3C73c4ccccc4-c4ccccc43)C3(c4ccccc4-c4ccccc43)c3ccccc3-5)cc2)cc1. The molecule has 26 rings (SSSR count). The number of hydrogen-bond donors (Lipinski definition) is 0. The van der Waals surface area contributed by atoms with Gasteiger partial charge in [0.25, 0.3) is 6.71 Å². The highest BCUT2D eigenvalue weighted by Crippen LogP contribution is 2.70. The lowest BCUT2D eigenvalue weighted by Crippen LogP contribution is -2.61. The molecule has 0 amide bonds. The fourth-order valence-corrected chi connectivity index (χ4v) is 22.8. The second-order valence-corrected chi connectivity index (χ2v) is 31.0. The number of para-hydroxylation sites is 2. The molecular weight excluding hydrogens is 1310 g/mol. The summed E-state index contributed by atoms with van der Waals surface area (Å²) in [5.41, 5.74) is 45.8. The lowest BCUT2D eigenvalue weighted by Gasteiger charge is -2.46. The fourth-order valence-electron chi connectivity index (χ4n) is 22.8. The number of hydrogen-bond acceptors (Lipinski definition) is 2. The molecule has 2 aliphatic heterocycles. The first-order valence-corrected chi connectivity index (χ1v) is 38.4. The molecule has 6 aliphatic carbocycles. The van der Waals surface area contributed by atoms with Crippen LogP contribution in [0.1, 0.15) is 66.8 Å². The van der Waals surface area contributed by atoms with Crippen molar-refractivity contribution < 1.29 is 0 Å². The Morgan fingerprint density at radius 1 is 0.211 bits per heavy atom. The zero-order valence-corrected chi connectivity index (χ0v) is 59.2. The Morgan fingerprint density at radius 3 is 1.08 bits per heavy atom. The van der Waals surface area contributed by atoms with Gasteiger partial charge in [-0.05, 0) is 198 Å². The van der Waals surface area contributed by atoms with E-state index in [0.717, 1.165) is 39.5 Å². The molecule has 18 aromatic rings. The molecule has 1 aromatic heterocycles. The number of anilines is 6. The van der Waals surface area contributed by atoms with Crippen LogP contribution in [0.25, 0.3) is 105 Å². The number of rotatable bonds is 4. The molecule has 3 nitrogen and oxygen atoms in total. The van der Waals surface area contributed by atoms with Gasteiger partial charge in [0.05, 0.1) is 38.7 Å². The fraction of sp³-hybridized carbons (Fsp3) is 0.0286. The lowest BCUT2D eigenvalue weighted by molar-refractivity contribution is 0.793. The summed E-state index contributed by atoms with van der Waals surface area (Å²) in [5.74, 6) is 0. The molecule has 0 fully saturated rings. The van der Waals surface area contributed by atoms with E-state index in [4.69, 9.17) is 0 Å². The van der Waals surface area contributed by atoms with Crippen LogP contribution in [0, 0.1) is 0 Å². The zero-order valence-electron chi connectivity index (χ0n) is 59.2. The van der Waals surface area contributed by atoms with Crippen LogP contribution in [-0.2, 0) is 16.2 Å². The summed E-state index contributed by atoms with van der Waals surface area (Å²) < 4.78 is 2.58. The third-order valence-electron chi connectivity index (χ3n) is 26.6. The summed E-state index contributed by atoms with van der Waals surface area (Å²) in [6, 6.07) is 146. The summed E-state index contributed by atoms with van der Waals surface area (Å²) >= 11 is 0. The van der Waals surface area contributed by atoms with Crippen LogP contribution in [0.3, 0.4) is 0 Å². The quantitative estimate of drug-likeness (QED) is 0.163. The van der Waals surface area contributed by atoms with Gasteiger partial charge in [-0.15, -0.1) is 0 Å².